The number of amides is 2. The molecule has 0 bridgehead atoms. The molecule has 3 N–H and O–H groups in total. The molecule has 0 spiro atoms. The number of rotatable bonds is 11. The number of primary amides is 1. The Morgan fingerprint density at radius 1 is 1.03 bits per heavy atom. The molecule has 0 aliphatic carbocycles. The lowest BCUT2D eigenvalue weighted by Gasteiger charge is -2.24. The number of pyridine rings is 1. The first kappa shape index (κ1) is 30.2. The molecular formula is C25H23Cl2F3N4O4S. The van der Waals surface area contributed by atoms with Crippen molar-refractivity contribution in [3.05, 3.63) is 93.2 Å². The van der Waals surface area contributed by atoms with E-state index < -0.39 is 39.5 Å². The fourth-order valence-corrected chi connectivity index (χ4v) is 5.38. The summed E-state index contributed by atoms with van der Waals surface area (Å²) in [7, 11) is -4.13. The van der Waals surface area contributed by atoms with Gasteiger partial charge in [-0.15, -0.1) is 0 Å². The van der Waals surface area contributed by atoms with Gasteiger partial charge < -0.3 is 11.1 Å². The number of sulfonamides is 1. The summed E-state index contributed by atoms with van der Waals surface area (Å²) in [5, 5.41) is 3.30. The van der Waals surface area contributed by atoms with E-state index in [0.29, 0.717) is 28.5 Å². The summed E-state index contributed by atoms with van der Waals surface area (Å²) >= 11 is 12.2. The number of nitrogens with zero attached hydrogens (tertiary/aromatic N) is 2. The molecule has 1 heterocycles. The molecule has 2 aromatic carbocycles. The number of carbonyl (C=O) groups is 2. The highest BCUT2D eigenvalue weighted by molar-refractivity contribution is 7.93. The third-order valence-electron chi connectivity index (χ3n) is 5.49. The van der Waals surface area contributed by atoms with Gasteiger partial charge in [0.2, 0.25) is 15.9 Å². The number of nitrogens with one attached hydrogen (secondary N) is 1. The van der Waals surface area contributed by atoms with Crippen LogP contribution in [0.25, 0.3) is 0 Å². The van der Waals surface area contributed by atoms with Crippen molar-refractivity contribution in [2.45, 2.75) is 25.6 Å². The van der Waals surface area contributed by atoms with Gasteiger partial charge in [0.1, 0.15) is 11.4 Å². The van der Waals surface area contributed by atoms with E-state index in [-0.39, 0.29) is 24.3 Å². The van der Waals surface area contributed by atoms with Gasteiger partial charge in [0.15, 0.2) is 0 Å². The largest absolute Gasteiger partial charge is 0.433 e. The minimum Gasteiger partial charge on any atom is -0.369 e. The lowest BCUT2D eigenvalue weighted by Crippen LogP contribution is -2.38. The van der Waals surface area contributed by atoms with Crippen molar-refractivity contribution in [2.75, 3.05) is 16.6 Å². The Kier molecular flexibility index (Phi) is 9.81. The van der Waals surface area contributed by atoms with Gasteiger partial charge in [-0.2, -0.15) is 13.2 Å². The second-order valence-electron chi connectivity index (χ2n) is 8.39. The number of anilines is 1. The van der Waals surface area contributed by atoms with Gasteiger partial charge in [-0.25, -0.2) is 8.42 Å². The number of hydrogen-bond acceptors (Lipinski definition) is 5. The molecule has 1 aromatic heterocycles. The first-order valence-electron chi connectivity index (χ1n) is 11.4. The Morgan fingerprint density at radius 3 is 2.31 bits per heavy atom. The molecule has 0 radical (unpaired) electrons. The van der Waals surface area contributed by atoms with E-state index in [1.807, 2.05) is 0 Å². The lowest BCUT2D eigenvalue weighted by atomic mass is 10.1. The van der Waals surface area contributed by atoms with Gasteiger partial charge in [-0.3, -0.25) is 18.9 Å². The molecular weight excluding hydrogens is 580 g/mol. The molecule has 0 aliphatic heterocycles. The smallest absolute Gasteiger partial charge is 0.369 e. The molecule has 0 fully saturated rings. The molecule has 2 amide bonds. The Balaban J connectivity index is 1.70. The van der Waals surface area contributed by atoms with Gasteiger partial charge in [-0.1, -0.05) is 41.4 Å². The Labute approximate surface area is 233 Å². The highest BCUT2D eigenvalue weighted by Crippen LogP contribution is 2.28. The number of benzene rings is 2. The van der Waals surface area contributed by atoms with E-state index >= 15 is 0 Å². The molecule has 0 atom stereocenters. The Hall–Kier alpha value is -3.35. The van der Waals surface area contributed by atoms with Crippen LogP contribution >= 0.6 is 23.2 Å². The predicted molar refractivity (Wildman–Crippen MR) is 142 cm³/mol. The minimum absolute atomic E-state index is 0.00901. The van der Waals surface area contributed by atoms with Crippen molar-refractivity contribution in [1.29, 1.82) is 0 Å². The van der Waals surface area contributed by atoms with E-state index in [9.17, 15) is 31.2 Å². The first-order valence-corrected chi connectivity index (χ1v) is 13.8. The van der Waals surface area contributed by atoms with Crippen molar-refractivity contribution in [3.63, 3.8) is 0 Å². The van der Waals surface area contributed by atoms with Crippen molar-refractivity contribution in [2.24, 2.45) is 5.73 Å². The van der Waals surface area contributed by atoms with Crippen LogP contribution in [-0.2, 0) is 34.0 Å². The molecule has 0 aliphatic rings. The van der Waals surface area contributed by atoms with Crippen LogP contribution in [-0.4, -0.2) is 37.5 Å². The van der Waals surface area contributed by atoms with E-state index in [1.165, 1.54) is 30.3 Å². The average Bonchev–Trinajstić information content (AvgIpc) is 2.86. The second-order valence-corrected chi connectivity index (χ2v) is 11.1. The minimum atomic E-state index is -4.56. The van der Waals surface area contributed by atoms with E-state index in [4.69, 9.17) is 28.9 Å². The maximum absolute atomic E-state index is 12.9. The van der Waals surface area contributed by atoms with Gasteiger partial charge in [0, 0.05) is 24.8 Å². The van der Waals surface area contributed by atoms with Gasteiger partial charge in [0.05, 0.1) is 15.7 Å². The monoisotopic (exact) mass is 602 g/mol. The van der Waals surface area contributed by atoms with Crippen molar-refractivity contribution in [3.8, 4) is 0 Å². The third-order valence-corrected chi connectivity index (χ3v) is 8.06. The summed E-state index contributed by atoms with van der Waals surface area (Å²) < 4.78 is 64.8. The van der Waals surface area contributed by atoms with Gasteiger partial charge in [-0.05, 0) is 60.4 Å². The number of aryl methyl sites for hydroxylation is 1. The molecule has 39 heavy (non-hydrogen) atoms. The van der Waals surface area contributed by atoms with Crippen LogP contribution in [0.15, 0.2) is 60.8 Å². The standard InChI is InChI=1S/C25H23Cl2F3N4O4S/c26-20-5-1-3-17(23(20)27)4-2-12-34(39(37,38)15-22(31)35)19-9-7-18(8-10-19)24(36)33-14-16-6-11-21(32-13-16)25(28,29)30/h1,3,5-11,13H,2,4,12,14-15H2,(H2,31,35)(H,33,36). The van der Waals surface area contributed by atoms with Crippen LogP contribution in [0.2, 0.25) is 10.0 Å². The Morgan fingerprint density at radius 2 is 1.72 bits per heavy atom. The summed E-state index contributed by atoms with van der Waals surface area (Å²) in [4.78, 5) is 27.3. The summed E-state index contributed by atoms with van der Waals surface area (Å²) in [5.41, 5.74) is 5.56. The maximum Gasteiger partial charge on any atom is 0.433 e. The van der Waals surface area contributed by atoms with Crippen molar-refractivity contribution < 1.29 is 31.2 Å². The zero-order chi connectivity index (χ0) is 28.8. The molecule has 0 saturated carbocycles. The summed E-state index contributed by atoms with van der Waals surface area (Å²) in [6.07, 6.45) is -2.81. The van der Waals surface area contributed by atoms with E-state index in [2.05, 4.69) is 10.3 Å². The number of aromatic nitrogens is 1. The molecule has 0 unspecified atom stereocenters. The quantitative estimate of drug-likeness (QED) is 0.332. The normalized spacial score (nSPS) is 11.7. The van der Waals surface area contributed by atoms with Crippen LogP contribution in [0.3, 0.4) is 0 Å². The molecule has 3 aromatic rings. The zero-order valence-corrected chi connectivity index (χ0v) is 22.5. The lowest BCUT2D eigenvalue weighted by molar-refractivity contribution is -0.141. The van der Waals surface area contributed by atoms with E-state index in [1.54, 1.807) is 18.2 Å². The maximum atomic E-state index is 12.9. The fraction of sp³-hybridized carbons (Fsp3) is 0.240. The highest BCUT2D eigenvalue weighted by Gasteiger charge is 2.32. The topological polar surface area (TPSA) is 122 Å². The Bertz CT molecular complexity index is 1440. The predicted octanol–water partition coefficient (Wildman–Crippen LogP) is 4.59. The molecule has 8 nitrogen and oxygen atoms in total. The van der Waals surface area contributed by atoms with Gasteiger partial charge >= 0.3 is 6.18 Å². The van der Waals surface area contributed by atoms with Crippen LogP contribution in [0.5, 0.6) is 0 Å². The van der Waals surface area contributed by atoms with Crippen molar-refractivity contribution in [1.82, 2.24) is 10.3 Å². The van der Waals surface area contributed by atoms with Crippen LogP contribution in [0.4, 0.5) is 18.9 Å². The number of carbonyl (C=O) groups excluding carboxylic acids is 2. The molecule has 3 rings (SSSR count). The number of alkyl halides is 3. The number of hydrogen-bond donors (Lipinski definition) is 2. The first-order chi connectivity index (χ1) is 18.3. The third kappa shape index (κ3) is 8.32. The summed E-state index contributed by atoms with van der Waals surface area (Å²) in [6.45, 7) is -0.0815. The number of halogens is 5. The zero-order valence-electron chi connectivity index (χ0n) is 20.2. The second kappa shape index (κ2) is 12.7. The van der Waals surface area contributed by atoms with Crippen LogP contribution in [0, 0.1) is 0 Å². The van der Waals surface area contributed by atoms with Crippen LogP contribution < -0.4 is 15.4 Å². The fourth-order valence-electron chi connectivity index (χ4n) is 3.60. The summed E-state index contributed by atoms with van der Waals surface area (Å²) in [5.74, 6) is -2.47. The summed E-state index contributed by atoms with van der Waals surface area (Å²) in [6, 6.07) is 12.7. The highest BCUT2D eigenvalue weighted by atomic mass is 35.5. The molecule has 0 saturated heterocycles. The molecule has 14 heteroatoms. The van der Waals surface area contributed by atoms with Crippen LogP contribution in [0.1, 0.15) is 33.6 Å². The average molecular weight is 603 g/mol. The van der Waals surface area contributed by atoms with Crippen molar-refractivity contribution >= 4 is 50.7 Å². The van der Waals surface area contributed by atoms with E-state index in [0.717, 1.165) is 22.1 Å². The number of nitrogens with two attached hydrogens (primary N) is 1. The van der Waals surface area contributed by atoms with Gasteiger partial charge in [0.25, 0.3) is 5.91 Å². The molecule has 208 valence electrons. The SMILES string of the molecule is NC(=O)CS(=O)(=O)N(CCCc1cccc(Cl)c1Cl)c1ccc(C(=O)NCc2ccc(C(F)(F)F)nc2)cc1.